The first kappa shape index (κ1) is 17.6. The second-order valence-electron chi connectivity index (χ2n) is 4.69. The van der Waals surface area contributed by atoms with E-state index in [1.54, 1.807) is 25.1 Å². The summed E-state index contributed by atoms with van der Waals surface area (Å²) in [5.74, 6) is 1.85. The number of hydrogen-bond donors (Lipinski definition) is 1. The van der Waals surface area contributed by atoms with Gasteiger partial charge in [0, 0.05) is 10.2 Å². The van der Waals surface area contributed by atoms with E-state index in [1.807, 2.05) is 48.5 Å². The van der Waals surface area contributed by atoms with Crippen molar-refractivity contribution in [3.63, 3.8) is 0 Å². The minimum atomic E-state index is -0.114. The maximum absolute atomic E-state index is 11.7. The number of thioether (sulfide) groups is 1. The highest BCUT2D eigenvalue weighted by Crippen LogP contribution is 2.16. The van der Waals surface area contributed by atoms with E-state index in [4.69, 9.17) is 4.74 Å². The molecule has 2 rings (SSSR count). The summed E-state index contributed by atoms with van der Waals surface area (Å²) < 4.78 is 6.12. The topological polar surface area (TPSA) is 50.7 Å². The van der Waals surface area contributed by atoms with Gasteiger partial charge in [-0.25, -0.2) is 5.43 Å². The number of carbonyl (C=O) groups is 1. The molecule has 2 aromatic rings. The molecule has 23 heavy (non-hydrogen) atoms. The highest BCUT2D eigenvalue weighted by Gasteiger charge is 2.01. The number of rotatable bonds is 7. The number of hydrazone groups is 1. The molecule has 0 aromatic heterocycles. The molecule has 0 radical (unpaired) electrons. The number of benzene rings is 2. The third-order valence-electron chi connectivity index (χ3n) is 2.93. The lowest BCUT2D eigenvalue weighted by molar-refractivity contribution is -0.118. The molecule has 0 saturated heterocycles. The number of halogens is 1. The molecule has 0 aliphatic rings. The SMILES string of the molecule is COc1ccc(CSCC(=O)N/N=C\c2ccc(Br)cc2)cc1. The van der Waals surface area contributed by atoms with Crippen molar-refractivity contribution in [3.05, 3.63) is 64.1 Å². The van der Waals surface area contributed by atoms with Crippen LogP contribution in [0.2, 0.25) is 0 Å². The first-order chi connectivity index (χ1) is 11.2. The molecule has 6 heteroatoms. The number of methoxy groups -OCH3 is 1. The fraction of sp³-hybridized carbons (Fsp3) is 0.176. The van der Waals surface area contributed by atoms with Gasteiger partial charge in [0.25, 0.3) is 0 Å². The second kappa shape index (κ2) is 9.37. The third-order valence-corrected chi connectivity index (χ3v) is 4.47. The maximum atomic E-state index is 11.7. The summed E-state index contributed by atoms with van der Waals surface area (Å²) in [7, 11) is 1.64. The van der Waals surface area contributed by atoms with Gasteiger partial charge in [0.2, 0.25) is 5.91 Å². The zero-order valence-corrected chi connectivity index (χ0v) is 15.1. The Morgan fingerprint density at radius 2 is 1.91 bits per heavy atom. The zero-order chi connectivity index (χ0) is 16.5. The summed E-state index contributed by atoms with van der Waals surface area (Å²) in [5.41, 5.74) is 4.61. The fourth-order valence-electron chi connectivity index (χ4n) is 1.74. The van der Waals surface area contributed by atoms with Gasteiger partial charge in [-0.05, 0) is 35.4 Å². The van der Waals surface area contributed by atoms with Crippen molar-refractivity contribution < 1.29 is 9.53 Å². The van der Waals surface area contributed by atoms with Crippen LogP contribution in [0.3, 0.4) is 0 Å². The van der Waals surface area contributed by atoms with Crippen molar-refractivity contribution >= 4 is 39.8 Å². The van der Waals surface area contributed by atoms with Gasteiger partial charge in [0.1, 0.15) is 5.75 Å². The first-order valence-corrected chi connectivity index (χ1v) is 8.90. The molecule has 120 valence electrons. The molecule has 2 aromatic carbocycles. The van der Waals surface area contributed by atoms with Gasteiger partial charge in [-0.15, -0.1) is 11.8 Å². The van der Waals surface area contributed by atoms with E-state index >= 15 is 0 Å². The van der Waals surface area contributed by atoms with Crippen molar-refractivity contribution in [2.45, 2.75) is 5.75 Å². The smallest absolute Gasteiger partial charge is 0.250 e. The maximum Gasteiger partial charge on any atom is 0.250 e. The highest BCUT2D eigenvalue weighted by atomic mass is 79.9. The van der Waals surface area contributed by atoms with Crippen LogP contribution >= 0.6 is 27.7 Å². The van der Waals surface area contributed by atoms with E-state index in [-0.39, 0.29) is 5.91 Å². The molecule has 4 nitrogen and oxygen atoms in total. The van der Waals surface area contributed by atoms with Gasteiger partial charge in [0.15, 0.2) is 0 Å². The minimum absolute atomic E-state index is 0.114. The van der Waals surface area contributed by atoms with Crippen LogP contribution in [-0.4, -0.2) is 25.0 Å². The number of nitrogens with one attached hydrogen (secondary N) is 1. The van der Waals surface area contributed by atoms with Gasteiger partial charge in [-0.2, -0.15) is 5.10 Å². The standard InChI is InChI=1S/C17H17BrN2O2S/c1-22-16-8-4-14(5-9-16)11-23-12-17(21)20-19-10-13-2-6-15(18)7-3-13/h2-10H,11-12H2,1H3,(H,20,21)/b19-10-. The number of hydrogen-bond acceptors (Lipinski definition) is 4. The average Bonchev–Trinajstić information content (AvgIpc) is 2.57. The van der Waals surface area contributed by atoms with Crippen LogP contribution < -0.4 is 10.2 Å². The van der Waals surface area contributed by atoms with Crippen LogP contribution in [0.5, 0.6) is 5.75 Å². The van der Waals surface area contributed by atoms with Crippen LogP contribution in [-0.2, 0) is 10.5 Å². The summed E-state index contributed by atoms with van der Waals surface area (Å²) in [6.45, 7) is 0. The minimum Gasteiger partial charge on any atom is -0.497 e. The van der Waals surface area contributed by atoms with Gasteiger partial charge < -0.3 is 4.74 Å². The van der Waals surface area contributed by atoms with E-state index in [9.17, 15) is 4.79 Å². The van der Waals surface area contributed by atoms with E-state index in [1.165, 1.54) is 0 Å². The van der Waals surface area contributed by atoms with Crippen LogP contribution in [0.1, 0.15) is 11.1 Å². The number of carbonyl (C=O) groups excluding carboxylic acids is 1. The van der Waals surface area contributed by atoms with E-state index < -0.39 is 0 Å². The second-order valence-corrected chi connectivity index (χ2v) is 6.59. The lowest BCUT2D eigenvalue weighted by atomic mass is 10.2. The van der Waals surface area contributed by atoms with Crippen molar-refractivity contribution in [3.8, 4) is 5.75 Å². The van der Waals surface area contributed by atoms with Crippen LogP contribution in [0.15, 0.2) is 58.1 Å². The Labute approximate surface area is 148 Å². The molecule has 0 aliphatic heterocycles. The first-order valence-electron chi connectivity index (χ1n) is 6.95. The predicted octanol–water partition coefficient (Wildman–Crippen LogP) is 3.84. The van der Waals surface area contributed by atoms with E-state index in [2.05, 4.69) is 26.5 Å². The molecule has 1 N–H and O–H groups in total. The quantitative estimate of drug-likeness (QED) is 0.575. The summed E-state index contributed by atoms with van der Waals surface area (Å²) >= 11 is 4.91. The van der Waals surface area contributed by atoms with Gasteiger partial charge >= 0.3 is 0 Å². The van der Waals surface area contributed by atoms with Gasteiger partial charge in [-0.3, -0.25) is 4.79 Å². The molecule has 0 unspecified atom stereocenters. The van der Waals surface area contributed by atoms with Crippen molar-refractivity contribution in [1.29, 1.82) is 0 Å². The molecule has 0 bridgehead atoms. The predicted molar refractivity (Wildman–Crippen MR) is 99.0 cm³/mol. The van der Waals surface area contributed by atoms with Crippen molar-refractivity contribution in [2.24, 2.45) is 5.10 Å². The van der Waals surface area contributed by atoms with Gasteiger partial charge in [-0.1, -0.05) is 40.2 Å². The average molecular weight is 393 g/mol. The third kappa shape index (κ3) is 6.46. The summed E-state index contributed by atoms with van der Waals surface area (Å²) in [6.07, 6.45) is 1.62. The highest BCUT2D eigenvalue weighted by molar-refractivity contribution is 9.10. The Morgan fingerprint density at radius 3 is 2.57 bits per heavy atom. The van der Waals surface area contributed by atoms with Crippen LogP contribution in [0.25, 0.3) is 0 Å². The Balaban J connectivity index is 1.69. The lowest BCUT2D eigenvalue weighted by Gasteiger charge is -2.03. The van der Waals surface area contributed by atoms with E-state index in [0.717, 1.165) is 27.1 Å². The number of amides is 1. The molecule has 0 spiro atoms. The largest absolute Gasteiger partial charge is 0.497 e. The molecular formula is C17H17BrN2O2S. The summed E-state index contributed by atoms with van der Waals surface area (Å²) in [4.78, 5) is 11.7. The molecule has 0 atom stereocenters. The lowest BCUT2D eigenvalue weighted by Crippen LogP contribution is -2.19. The molecule has 1 amide bonds. The van der Waals surface area contributed by atoms with Crippen molar-refractivity contribution in [2.75, 3.05) is 12.9 Å². The number of nitrogens with zero attached hydrogens (tertiary/aromatic N) is 1. The molecular weight excluding hydrogens is 376 g/mol. The Kier molecular flexibility index (Phi) is 7.16. The van der Waals surface area contributed by atoms with Crippen LogP contribution in [0.4, 0.5) is 0 Å². The summed E-state index contributed by atoms with van der Waals surface area (Å²) in [5, 5.41) is 3.95. The Morgan fingerprint density at radius 1 is 1.22 bits per heavy atom. The molecule has 0 heterocycles. The molecule has 0 saturated carbocycles. The fourth-order valence-corrected chi connectivity index (χ4v) is 2.79. The van der Waals surface area contributed by atoms with Crippen LogP contribution in [0, 0.1) is 0 Å². The number of ether oxygens (including phenoxy) is 1. The Bertz CT molecular complexity index is 657. The molecule has 0 fully saturated rings. The van der Waals surface area contributed by atoms with Crippen molar-refractivity contribution in [1.82, 2.24) is 5.43 Å². The summed E-state index contributed by atoms with van der Waals surface area (Å²) in [6, 6.07) is 15.5. The normalized spacial score (nSPS) is 10.7. The molecule has 0 aliphatic carbocycles. The monoisotopic (exact) mass is 392 g/mol. The van der Waals surface area contributed by atoms with E-state index in [0.29, 0.717) is 5.75 Å². The Hall–Kier alpha value is -1.79. The van der Waals surface area contributed by atoms with Gasteiger partial charge in [0.05, 0.1) is 19.1 Å². The zero-order valence-electron chi connectivity index (χ0n) is 12.7.